The van der Waals surface area contributed by atoms with Crippen LogP contribution in [0.3, 0.4) is 0 Å². The van der Waals surface area contributed by atoms with Crippen molar-refractivity contribution in [3.05, 3.63) is 29.8 Å². The highest BCUT2D eigenvalue weighted by atomic mass is 16.4. The van der Waals surface area contributed by atoms with Crippen LogP contribution in [0.15, 0.2) is 24.3 Å². The molecule has 1 saturated carbocycles. The molecule has 0 atom stereocenters. The molecule has 0 unspecified atom stereocenters. The first-order valence-corrected chi connectivity index (χ1v) is 4.59. The van der Waals surface area contributed by atoms with Crippen LogP contribution in [-0.2, 0) is 15.0 Å². The fourth-order valence-corrected chi connectivity index (χ4v) is 1.88. The second-order valence-corrected chi connectivity index (χ2v) is 3.83. The Morgan fingerprint density at radius 2 is 1.73 bits per heavy atom. The maximum atomic E-state index is 11.1. The number of aliphatic carboxylic acids is 1. The van der Waals surface area contributed by atoms with Crippen molar-refractivity contribution in [1.82, 2.24) is 0 Å². The standard InChI is InChI=1S/C11H10O4/c12-8-3-1-7(2-4-8)11(10(14)15)5-9(13)6-11/h1-4,12H,5-6H2,(H,14,15). The molecule has 0 saturated heterocycles. The van der Waals surface area contributed by atoms with Crippen molar-refractivity contribution in [2.24, 2.45) is 0 Å². The molecule has 1 aromatic rings. The summed E-state index contributed by atoms with van der Waals surface area (Å²) in [5.74, 6) is -0.928. The Labute approximate surface area is 86.2 Å². The van der Waals surface area contributed by atoms with E-state index >= 15 is 0 Å². The Hall–Kier alpha value is -1.84. The van der Waals surface area contributed by atoms with Crippen LogP contribution in [0.2, 0.25) is 0 Å². The van der Waals surface area contributed by atoms with Gasteiger partial charge in [0.25, 0.3) is 0 Å². The number of carbonyl (C=O) groups is 2. The second kappa shape index (κ2) is 3.08. The van der Waals surface area contributed by atoms with Gasteiger partial charge < -0.3 is 10.2 Å². The average molecular weight is 206 g/mol. The number of Topliss-reactive ketones (excluding diaryl/α,β-unsaturated/α-hetero) is 1. The lowest BCUT2D eigenvalue weighted by Crippen LogP contribution is -2.48. The largest absolute Gasteiger partial charge is 0.508 e. The number of hydrogen-bond donors (Lipinski definition) is 2. The predicted octanol–water partition coefficient (Wildman–Crippen LogP) is 1.08. The summed E-state index contributed by atoms with van der Waals surface area (Å²) in [7, 11) is 0. The fraction of sp³-hybridized carbons (Fsp3) is 0.273. The number of phenols is 1. The number of ketones is 1. The Bertz CT molecular complexity index is 411. The van der Waals surface area contributed by atoms with Gasteiger partial charge in [-0.05, 0) is 17.7 Å². The number of carboxylic acid groups (broad SMARTS) is 1. The number of rotatable bonds is 2. The summed E-state index contributed by atoms with van der Waals surface area (Å²) in [6.07, 6.45) is 0.0974. The summed E-state index contributed by atoms with van der Waals surface area (Å²) in [5.41, 5.74) is -0.488. The van der Waals surface area contributed by atoms with Crippen molar-refractivity contribution in [3.8, 4) is 5.75 Å². The monoisotopic (exact) mass is 206 g/mol. The molecular formula is C11H10O4. The van der Waals surface area contributed by atoms with Crippen molar-refractivity contribution in [2.75, 3.05) is 0 Å². The van der Waals surface area contributed by atoms with Crippen molar-refractivity contribution >= 4 is 11.8 Å². The predicted molar refractivity (Wildman–Crippen MR) is 51.7 cm³/mol. The third kappa shape index (κ3) is 1.38. The fourth-order valence-electron chi connectivity index (χ4n) is 1.88. The van der Waals surface area contributed by atoms with Crippen LogP contribution in [0.4, 0.5) is 0 Å². The highest BCUT2D eigenvalue weighted by Gasteiger charge is 2.51. The third-order valence-corrected chi connectivity index (χ3v) is 2.83. The van der Waals surface area contributed by atoms with Crippen molar-refractivity contribution in [3.63, 3.8) is 0 Å². The molecule has 0 bridgehead atoms. The van der Waals surface area contributed by atoms with E-state index in [1.807, 2.05) is 0 Å². The zero-order valence-electron chi connectivity index (χ0n) is 7.93. The molecule has 0 aliphatic heterocycles. The van der Waals surface area contributed by atoms with E-state index in [9.17, 15) is 9.59 Å². The minimum atomic E-state index is -1.06. The maximum absolute atomic E-state index is 11.1. The summed E-state index contributed by atoms with van der Waals surface area (Å²) in [6.45, 7) is 0. The van der Waals surface area contributed by atoms with Crippen LogP contribution in [0.25, 0.3) is 0 Å². The zero-order valence-corrected chi connectivity index (χ0v) is 7.93. The molecule has 0 heterocycles. The SMILES string of the molecule is O=C1CC(C(=O)O)(c2ccc(O)cc2)C1. The van der Waals surface area contributed by atoms with E-state index in [0.29, 0.717) is 5.56 Å². The Morgan fingerprint density at radius 3 is 2.13 bits per heavy atom. The first kappa shape index (κ1) is 9.71. The summed E-state index contributed by atoms with van der Waals surface area (Å²) in [6, 6.07) is 5.97. The maximum Gasteiger partial charge on any atom is 0.315 e. The molecule has 15 heavy (non-hydrogen) atoms. The van der Waals surface area contributed by atoms with Gasteiger partial charge in [0.2, 0.25) is 0 Å². The number of phenolic OH excluding ortho intramolecular Hbond substituents is 1. The van der Waals surface area contributed by atoms with Crippen LogP contribution >= 0.6 is 0 Å². The van der Waals surface area contributed by atoms with E-state index < -0.39 is 11.4 Å². The molecule has 0 spiro atoms. The van der Waals surface area contributed by atoms with Crippen LogP contribution in [0.1, 0.15) is 18.4 Å². The summed E-state index contributed by atoms with van der Waals surface area (Å²) >= 11 is 0. The van der Waals surface area contributed by atoms with E-state index in [4.69, 9.17) is 10.2 Å². The summed E-state index contributed by atoms with van der Waals surface area (Å²) in [5, 5.41) is 18.2. The van der Waals surface area contributed by atoms with E-state index in [-0.39, 0.29) is 24.4 Å². The lowest BCUT2D eigenvalue weighted by Gasteiger charge is -2.36. The van der Waals surface area contributed by atoms with Crippen LogP contribution < -0.4 is 0 Å². The van der Waals surface area contributed by atoms with Crippen LogP contribution in [0.5, 0.6) is 5.75 Å². The molecule has 4 nitrogen and oxygen atoms in total. The normalized spacial score (nSPS) is 18.3. The van der Waals surface area contributed by atoms with Gasteiger partial charge in [-0.1, -0.05) is 12.1 Å². The number of aromatic hydroxyl groups is 1. The molecule has 1 aromatic carbocycles. The van der Waals surface area contributed by atoms with E-state index in [2.05, 4.69) is 0 Å². The molecule has 2 rings (SSSR count). The average Bonchev–Trinajstić information content (AvgIpc) is 2.13. The van der Waals surface area contributed by atoms with Crippen molar-refractivity contribution < 1.29 is 19.8 Å². The number of benzene rings is 1. The first-order valence-electron chi connectivity index (χ1n) is 4.59. The van der Waals surface area contributed by atoms with Crippen molar-refractivity contribution in [2.45, 2.75) is 18.3 Å². The zero-order chi connectivity index (χ0) is 11.1. The molecule has 1 fully saturated rings. The number of carboxylic acids is 1. The first-order chi connectivity index (χ1) is 7.04. The van der Waals surface area contributed by atoms with Crippen molar-refractivity contribution in [1.29, 1.82) is 0 Å². The number of hydrogen-bond acceptors (Lipinski definition) is 3. The van der Waals surface area contributed by atoms with Gasteiger partial charge >= 0.3 is 5.97 Å². The van der Waals surface area contributed by atoms with Gasteiger partial charge in [0.1, 0.15) is 16.9 Å². The van der Waals surface area contributed by atoms with E-state index in [1.165, 1.54) is 12.1 Å². The van der Waals surface area contributed by atoms with Gasteiger partial charge in [-0.3, -0.25) is 9.59 Å². The molecular weight excluding hydrogens is 196 g/mol. The minimum Gasteiger partial charge on any atom is -0.508 e. The minimum absolute atomic E-state index is 0.0366. The smallest absolute Gasteiger partial charge is 0.315 e. The number of carbonyl (C=O) groups excluding carboxylic acids is 1. The topological polar surface area (TPSA) is 74.6 Å². The molecule has 0 amide bonds. The Balaban J connectivity index is 2.38. The summed E-state index contributed by atoms with van der Waals surface area (Å²) in [4.78, 5) is 22.1. The van der Waals surface area contributed by atoms with E-state index in [1.54, 1.807) is 12.1 Å². The molecule has 0 aromatic heterocycles. The van der Waals surface area contributed by atoms with Gasteiger partial charge in [-0.2, -0.15) is 0 Å². The van der Waals surface area contributed by atoms with Crippen LogP contribution in [-0.4, -0.2) is 22.0 Å². The third-order valence-electron chi connectivity index (χ3n) is 2.83. The van der Waals surface area contributed by atoms with Gasteiger partial charge in [-0.15, -0.1) is 0 Å². The molecule has 78 valence electrons. The lowest BCUT2D eigenvalue weighted by atomic mass is 9.63. The molecule has 2 N–H and O–H groups in total. The Kier molecular flexibility index (Phi) is 2.00. The van der Waals surface area contributed by atoms with Gasteiger partial charge in [0, 0.05) is 12.8 Å². The van der Waals surface area contributed by atoms with Crippen LogP contribution in [0, 0.1) is 0 Å². The van der Waals surface area contributed by atoms with Gasteiger partial charge in [0.15, 0.2) is 0 Å². The molecule has 0 radical (unpaired) electrons. The second-order valence-electron chi connectivity index (χ2n) is 3.83. The van der Waals surface area contributed by atoms with E-state index in [0.717, 1.165) is 0 Å². The molecule has 1 aliphatic carbocycles. The van der Waals surface area contributed by atoms with Gasteiger partial charge in [-0.25, -0.2) is 0 Å². The summed E-state index contributed by atoms with van der Waals surface area (Å²) < 4.78 is 0. The highest BCUT2D eigenvalue weighted by molar-refractivity contribution is 6.01. The van der Waals surface area contributed by atoms with Gasteiger partial charge in [0.05, 0.1) is 0 Å². The molecule has 1 aliphatic rings. The molecule has 4 heteroatoms. The Morgan fingerprint density at radius 1 is 1.20 bits per heavy atom. The highest BCUT2D eigenvalue weighted by Crippen LogP contribution is 2.41. The lowest BCUT2D eigenvalue weighted by molar-refractivity contribution is -0.153. The quantitative estimate of drug-likeness (QED) is 0.759.